The molecule has 1 atom stereocenters. The Bertz CT molecular complexity index is 388. The summed E-state index contributed by atoms with van der Waals surface area (Å²) in [6.07, 6.45) is 0.378. The molecule has 6 heteroatoms. The molecule has 5 nitrogen and oxygen atoms in total. The Morgan fingerprint density at radius 1 is 1.62 bits per heavy atom. The highest BCUT2D eigenvalue weighted by Crippen LogP contribution is 2.24. The molecular weight excluding hydrogens is 230 g/mol. The quantitative estimate of drug-likeness (QED) is 0.763. The molecule has 3 N–H and O–H groups in total. The normalized spacial score (nSPS) is 12.1. The van der Waals surface area contributed by atoms with Crippen LogP contribution in [0, 0.1) is 0 Å². The average molecular weight is 243 g/mol. The number of esters is 1. The summed E-state index contributed by atoms with van der Waals surface area (Å²) in [5.41, 5.74) is 6.25. The van der Waals surface area contributed by atoms with E-state index in [9.17, 15) is 9.59 Å². The zero-order valence-electron chi connectivity index (χ0n) is 8.80. The van der Waals surface area contributed by atoms with E-state index in [1.807, 2.05) is 0 Å². The molecule has 0 aliphatic carbocycles. The summed E-state index contributed by atoms with van der Waals surface area (Å²) in [5.74, 6) is -1.28. The Labute approximate surface area is 96.8 Å². The van der Waals surface area contributed by atoms with E-state index >= 15 is 0 Å². The van der Waals surface area contributed by atoms with Crippen molar-refractivity contribution >= 4 is 23.3 Å². The van der Waals surface area contributed by atoms with Crippen molar-refractivity contribution in [1.29, 1.82) is 0 Å². The molecule has 1 rings (SSSR count). The van der Waals surface area contributed by atoms with Crippen molar-refractivity contribution in [2.24, 2.45) is 5.73 Å². The van der Waals surface area contributed by atoms with Gasteiger partial charge >= 0.3 is 11.9 Å². The molecule has 0 saturated carbocycles. The van der Waals surface area contributed by atoms with Gasteiger partial charge in [0.15, 0.2) is 0 Å². The molecule has 16 heavy (non-hydrogen) atoms. The number of hydrogen-bond acceptors (Lipinski definition) is 5. The van der Waals surface area contributed by atoms with E-state index in [1.54, 1.807) is 11.4 Å². The largest absolute Gasteiger partial charge is 0.481 e. The van der Waals surface area contributed by atoms with Gasteiger partial charge in [0.2, 0.25) is 0 Å². The fraction of sp³-hybridized carbons (Fsp3) is 0.400. The SMILES string of the molecule is COC(=O)c1csc(C(N)CCC(=O)O)c1. The van der Waals surface area contributed by atoms with Crippen LogP contribution < -0.4 is 5.73 Å². The van der Waals surface area contributed by atoms with Gasteiger partial charge in [0, 0.05) is 22.7 Å². The molecule has 0 aromatic carbocycles. The fourth-order valence-electron chi connectivity index (χ4n) is 1.19. The predicted molar refractivity (Wildman–Crippen MR) is 59.5 cm³/mol. The lowest BCUT2D eigenvalue weighted by atomic mass is 10.1. The van der Waals surface area contributed by atoms with Crippen LogP contribution in [0.15, 0.2) is 11.4 Å². The molecule has 1 unspecified atom stereocenters. The summed E-state index contributed by atoms with van der Waals surface area (Å²) < 4.78 is 4.56. The van der Waals surface area contributed by atoms with Crippen molar-refractivity contribution < 1.29 is 19.4 Å². The summed E-state index contributed by atoms with van der Waals surface area (Å²) >= 11 is 1.33. The Kier molecular flexibility index (Phi) is 4.45. The number of aliphatic carboxylic acids is 1. The highest BCUT2D eigenvalue weighted by Gasteiger charge is 2.14. The Morgan fingerprint density at radius 3 is 2.88 bits per heavy atom. The molecule has 0 saturated heterocycles. The summed E-state index contributed by atoms with van der Waals surface area (Å²) in [6, 6.07) is 1.29. The van der Waals surface area contributed by atoms with Gasteiger partial charge in [0.25, 0.3) is 0 Å². The number of hydrogen-bond donors (Lipinski definition) is 2. The third-order valence-corrected chi connectivity index (χ3v) is 3.14. The van der Waals surface area contributed by atoms with E-state index in [4.69, 9.17) is 10.8 Å². The first-order chi connectivity index (χ1) is 7.54. The maximum atomic E-state index is 11.2. The molecule has 0 amide bonds. The van der Waals surface area contributed by atoms with E-state index in [0.29, 0.717) is 12.0 Å². The maximum Gasteiger partial charge on any atom is 0.338 e. The van der Waals surface area contributed by atoms with Crippen LogP contribution in [0.4, 0.5) is 0 Å². The smallest absolute Gasteiger partial charge is 0.338 e. The number of methoxy groups -OCH3 is 1. The third-order valence-electron chi connectivity index (χ3n) is 2.08. The maximum absolute atomic E-state index is 11.2. The van der Waals surface area contributed by atoms with E-state index in [2.05, 4.69) is 4.74 Å². The molecule has 0 radical (unpaired) electrons. The van der Waals surface area contributed by atoms with Crippen molar-refractivity contribution in [3.8, 4) is 0 Å². The molecular formula is C10H13NO4S. The average Bonchev–Trinajstić information content (AvgIpc) is 2.74. The van der Waals surface area contributed by atoms with Crippen molar-refractivity contribution in [3.63, 3.8) is 0 Å². The number of carboxylic acid groups (broad SMARTS) is 1. The molecule has 0 bridgehead atoms. The van der Waals surface area contributed by atoms with Gasteiger partial charge in [-0.05, 0) is 12.5 Å². The van der Waals surface area contributed by atoms with Gasteiger partial charge in [0.1, 0.15) is 0 Å². The highest BCUT2D eigenvalue weighted by molar-refractivity contribution is 7.10. The topological polar surface area (TPSA) is 89.6 Å². The summed E-state index contributed by atoms with van der Waals surface area (Å²) in [7, 11) is 1.31. The highest BCUT2D eigenvalue weighted by atomic mass is 32.1. The minimum atomic E-state index is -0.875. The van der Waals surface area contributed by atoms with Gasteiger partial charge < -0.3 is 15.6 Å². The van der Waals surface area contributed by atoms with E-state index in [1.165, 1.54) is 18.4 Å². The number of nitrogens with two attached hydrogens (primary N) is 1. The molecule has 88 valence electrons. The zero-order valence-corrected chi connectivity index (χ0v) is 9.62. The lowest BCUT2D eigenvalue weighted by molar-refractivity contribution is -0.137. The second kappa shape index (κ2) is 5.62. The number of carboxylic acids is 1. The van der Waals surface area contributed by atoms with E-state index < -0.39 is 11.9 Å². The van der Waals surface area contributed by atoms with Crippen molar-refractivity contribution in [1.82, 2.24) is 0 Å². The number of ether oxygens (including phenoxy) is 1. The van der Waals surface area contributed by atoms with Gasteiger partial charge in [-0.15, -0.1) is 11.3 Å². The number of thiophene rings is 1. The van der Waals surface area contributed by atoms with Crippen LogP contribution in [0.1, 0.15) is 34.1 Å². The van der Waals surface area contributed by atoms with Gasteiger partial charge in [-0.2, -0.15) is 0 Å². The van der Waals surface area contributed by atoms with Crippen molar-refractivity contribution in [3.05, 3.63) is 21.9 Å². The minimum Gasteiger partial charge on any atom is -0.481 e. The first-order valence-corrected chi connectivity index (χ1v) is 5.56. The zero-order chi connectivity index (χ0) is 12.1. The number of carbonyl (C=O) groups excluding carboxylic acids is 1. The monoisotopic (exact) mass is 243 g/mol. The second-order valence-electron chi connectivity index (χ2n) is 3.27. The van der Waals surface area contributed by atoms with Gasteiger partial charge in [-0.3, -0.25) is 4.79 Å². The molecule has 0 aliphatic heterocycles. The molecule has 0 aliphatic rings. The minimum absolute atomic E-state index is 0.0205. The van der Waals surface area contributed by atoms with Crippen LogP contribution in [0.2, 0.25) is 0 Å². The van der Waals surface area contributed by atoms with Crippen LogP contribution in [0.3, 0.4) is 0 Å². The molecule has 0 fully saturated rings. The lowest BCUT2D eigenvalue weighted by Crippen LogP contribution is -2.11. The Morgan fingerprint density at radius 2 is 2.31 bits per heavy atom. The van der Waals surface area contributed by atoms with Crippen molar-refractivity contribution in [2.45, 2.75) is 18.9 Å². The number of rotatable bonds is 5. The first kappa shape index (κ1) is 12.7. The Balaban J connectivity index is 2.63. The predicted octanol–water partition coefficient (Wildman–Crippen LogP) is 1.40. The van der Waals surface area contributed by atoms with Crippen molar-refractivity contribution in [2.75, 3.05) is 7.11 Å². The Hall–Kier alpha value is -1.40. The van der Waals surface area contributed by atoms with Crippen LogP contribution >= 0.6 is 11.3 Å². The van der Waals surface area contributed by atoms with Gasteiger partial charge in [0.05, 0.1) is 12.7 Å². The summed E-state index contributed by atoms with van der Waals surface area (Å²) in [6.45, 7) is 0. The number of carbonyl (C=O) groups is 2. The first-order valence-electron chi connectivity index (χ1n) is 4.68. The van der Waals surface area contributed by atoms with Crippen LogP contribution in [-0.4, -0.2) is 24.2 Å². The van der Waals surface area contributed by atoms with Crippen LogP contribution in [0.25, 0.3) is 0 Å². The molecule has 1 aromatic rings. The second-order valence-corrected chi connectivity index (χ2v) is 4.21. The molecule has 1 aromatic heterocycles. The van der Waals surface area contributed by atoms with E-state index in [0.717, 1.165) is 4.88 Å². The van der Waals surface area contributed by atoms with Gasteiger partial charge in [-0.1, -0.05) is 0 Å². The standard InChI is InChI=1S/C10H13NO4S/c1-15-10(14)6-4-8(16-5-6)7(11)2-3-9(12)13/h4-5,7H,2-3,11H2,1H3,(H,12,13). The lowest BCUT2D eigenvalue weighted by Gasteiger charge is -2.06. The summed E-state index contributed by atoms with van der Waals surface area (Å²) in [5, 5.41) is 10.2. The van der Waals surface area contributed by atoms with Gasteiger partial charge in [-0.25, -0.2) is 4.79 Å². The third kappa shape index (κ3) is 3.32. The van der Waals surface area contributed by atoms with Crippen LogP contribution in [0.5, 0.6) is 0 Å². The summed E-state index contributed by atoms with van der Waals surface area (Å²) in [4.78, 5) is 22.3. The van der Waals surface area contributed by atoms with Crippen LogP contribution in [-0.2, 0) is 9.53 Å². The fourth-order valence-corrected chi connectivity index (χ4v) is 2.11. The molecule has 0 spiro atoms. The van der Waals surface area contributed by atoms with E-state index in [-0.39, 0.29) is 12.5 Å². The molecule has 1 heterocycles.